The van der Waals surface area contributed by atoms with Crippen molar-refractivity contribution in [3.8, 4) is 5.75 Å². The van der Waals surface area contributed by atoms with Crippen molar-refractivity contribution in [2.24, 2.45) is 0 Å². The summed E-state index contributed by atoms with van der Waals surface area (Å²) in [6.45, 7) is 1.90. The average Bonchev–Trinajstić information content (AvgIpc) is 2.42. The molecule has 0 aliphatic carbocycles. The SMILES string of the molecule is Cc1ccc(NC(=O)/C=C/c2ccc(O)cc2)cc1Cl. The Balaban J connectivity index is 2.01. The van der Waals surface area contributed by atoms with Crippen LogP contribution in [0.25, 0.3) is 6.08 Å². The van der Waals surface area contributed by atoms with E-state index in [1.807, 2.05) is 13.0 Å². The van der Waals surface area contributed by atoms with Crippen LogP contribution in [-0.4, -0.2) is 11.0 Å². The summed E-state index contributed by atoms with van der Waals surface area (Å²) >= 11 is 5.99. The Kier molecular flexibility index (Phi) is 4.43. The van der Waals surface area contributed by atoms with Gasteiger partial charge in [-0.05, 0) is 48.4 Å². The Hall–Kier alpha value is -2.26. The number of halogens is 1. The zero-order valence-corrected chi connectivity index (χ0v) is 11.7. The first-order chi connectivity index (χ1) is 9.54. The normalized spacial score (nSPS) is 10.7. The van der Waals surface area contributed by atoms with Crippen molar-refractivity contribution in [2.75, 3.05) is 5.32 Å². The van der Waals surface area contributed by atoms with Gasteiger partial charge in [0.25, 0.3) is 0 Å². The first-order valence-electron chi connectivity index (χ1n) is 6.09. The molecular formula is C16H14ClNO2. The van der Waals surface area contributed by atoms with E-state index in [2.05, 4.69) is 5.32 Å². The molecule has 2 N–H and O–H groups in total. The van der Waals surface area contributed by atoms with Gasteiger partial charge in [-0.3, -0.25) is 4.79 Å². The number of aryl methyl sites for hydroxylation is 1. The molecule has 0 aromatic heterocycles. The number of phenols is 1. The minimum absolute atomic E-state index is 0.195. The van der Waals surface area contributed by atoms with Gasteiger partial charge < -0.3 is 10.4 Å². The third kappa shape index (κ3) is 3.87. The minimum atomic E-state index is -0.238. The lowest BCUT2D eigenvalue weighted by Crippen LogP contribution is -2.07. The summed E-state index contributed by atoms with van der Waals surface area (Å²) in [5.74, 6) is -0.0427. The number of hydrogen-bond acceptors (Lipinski definition) is 2. The number of aromatic hydroxyl groups is 1. The molecule has 2 rings (SSSR count). The van der Waals surface area contributed by atoms with E-state index < -0.39 is 0 Å². The zero-order chi connectivity index (χ0) is 14.5. The van der Waals surface area contributed by atoms with Crippen LogP contribution < -0.4 is 5.32 Å². The molecule has 2 aromatic carbocycles. The van der Waals surface area contributed by atoms with Gasteiger partial charge in [-0.1, -0.05) is 29.8 Å². The monoisotopic (exact) mass is 287 g/mol. The number of carbonyl (C=O) groups is 1. The molecule has 0 bridgehead atoms. The molecule has 0 aliphatic rings. The van der Waals surface area contributed by atoms with Gasteiger partial charge in [-0.25, -0.2) is 0 Å². The van der Waals surface area contributed by atoms with Crippen molar-refractivity contribution in [3.63, 3.8) is 0 Å². The topological polar surface area (TPSA) is 49.3 Å². The van der Waals surface area contributed by atoms with E-state index in [1.165, 1.54) is 6.08 Å². The molecule has 0 unspecified atom stereocenters. The number of amides is 1. The smallest absolute Gasteiger partial charge is 0.248 e. The van der Waals surface area contributed by atoms with Crippen molar-refractivity contribution in [1.29, 1.82) is 0 Å². The van der Waals surface area contributed by atoms with Crippen LogP contribution in [0.3, 0.4) is 0 Å². The highest BCUT2D eigenvalue weighted by Gasteiger charge is 2.00. The second kappa shape index (κ2) is 6.26. The molecule has 20 heavy (non-hydrogen) atoms. The van der Waals surface area contributed by atoms with Crippen LogP contribution in [0.2, 0.25) is 5.02 Å². The summed E-state index contributed by atoms with van der Waals surface area (Å²) in [6.07, 6.45) is 3.10. The Labute approximate surface area is 122 Å². The molecule has 0 aliphatic heterocycles. The maximum Gasteiger partial charge on any atom is 0.248 e. The molecular weight excluding hydrogens is 274 g/mol. The van der Waals surface area contributed by atoms with E-state index >= 15 is 0 Å². The van der Waals surface area contributed by atoms with Gasteiger partial charge in [0, 0.05) is 16.8 Å². The van der Waals surface area contributed by atoms with Crippen LogP contribution in [0.5, 0.6) is 5.75 Å². The number of nitrogens with one attached hydrogen (secondary N) is 1. The molecule has 2 aromatic rings. The van der Waals surface area contributed by atoms with Gasteiger partial charge in [-0.15, -0.1) is 0 Å². The van der Waals surface area contributed by atoms with Gasteiger partial charge >= 0.3 is 0 Å². The lowest BCUT2D eigenvalue weighted by Gasteiger charge is -2.04. The van der Waals surface area contributed by atoms with Gasteiger partial charge in [0.2, 0.25) is 5.91 Å². The lowest BCUT2D eigenvalue weighted by atomic mass is 10.2. The minimum Gasteiger partial charge on any atom is -0.508 e. The predicted octanol–water partition coefficient (Wildman–Crippen LogP) is 4.01. The third-order valence-corrected chi connectivity index (χ3v) is 3.17. The fourth-order valence-corrected chi connectivity index (χ4v) is 1.79. The number of hydrogen-bond donors (Lipinski definition) is 2. The Bertz CT molecular complexity index is 648. The van der Waals surface area contributed by atoms with Gasteiger partial charge in [0.1, 0.15) is 5.75 Å². The van der Waals surface area contributed by atoms with Crippen molar-refractivity contribution < 1.29 is 9.90 Å². The van der Waals surface area contributed by atoms with Crippen molar-refractivity contribution in [1.82, 2.24) is 0 Å². The van der Waals surface area contributed by atoms with E-state index in [0.29, 0.717) is 10.7 Å². The molecule has 0 atom stereocenters. The molecule has 0 fully saturated rings. The number of benzene rings is 2. The first-order valence-corrected chi connectivity index (χ1v) is 6.46. The van der Waals surface area contributed by atoms with Crippen LogP contribution in [0.4, 0.5) is 5.69 Å². The lowest BCUT2D eigenvalue weighted by molar-refractivity contribution is -0.111. The van der Waals surface area contributed by atoms with Gasteiger partial charge in [0.15, 0.2) is 0 Å². The summed E-state index contributed by atoms with van der Waals surface area (Å²) in [7, 11) is 0. The molecule has 1 amide bonds. The van der Waals surface area contributed by atoms with E-state index in [-0.39, 0.29) is 11.7 Å². The van der Waals surface area contributed by atoms with E-state index in [9.17, 15) is 4.79 Å². The highest BCUT2D eigenvalue weighted by Crippen LogP contribution is 2.20. The van der Waals surface area contributed by atoms with E-state index in [4.69, 9.17) is 16.7 Å². The first kappa shape index (κ1) is 14.2. The van der Waals surface area contributed by atoms with Crippen molar-refractivity contribution in [2.45, 2.75) is 6.92 Å². The molecule has 0 spiro atoms. The summed E-state index contributed by atoms with van der Waals surface area (Å²) in [5, 5.41) is 12.5. The maximum atomic E-state index is 11.8. The Morgan fingerprint density at radius 2 is 1.90 bits per heavy atom. The number of carbonyl (C=O) groups excluding carboxylic acids is 1. The summed E-state index contributed by atoms with van der Waals surface area (Å²) in [5.41, 5.74) is 2.45. The van der Waals surface area contributed by atoms with E-state index in [1.54, 1.807) is 42.5 Å². The quantitative estimate of drug-likeness (QED) is 0.838. The van der Waals surface area contributed by atoms with E-state index in [0.717, 1.165) is 11.1 Å². The van der Waals surface area contributed by atoms with Crippen molar-refractivity contribution in [3.05, 3.63) is 64.7 Å². The summed E-state index contributed by atoms with van der Waals surface area (Å²) in [6, 6.07) is 11.9. The molecule has 0 saturated heterocycles. The van der Waals surface area contributed by atoms with Gasteiger partial charge in [0.05, 0.1) is 0 Å². The predicted molar refractivity (Wildman–Crippen MR) is 82.0 cm³/mol. The molecule has 102 valence electrons. The summed E-state index contributed by atoms with van der Waals surface area (Å²) in [4.78, 5) is 11.8. The van der Waals surface area contributed by atoms with Crippen LogP contribution >= 0.6 is 11.6 Å². The van der Waals surface area contributed by atoms with Crippen LogP contribution in [-0.2, 0) is 4.79 Å². The Morgan fingerprint density at radius 3 is 2.55 bits per heavy atom. The van der Waals surface area contributed by atoms with Crippen LogP contribution in [0.1, 0.15) is 11.1 Å². The molecule has 4 heteroatoms. The van der Waals surface area contributed by atoms with Crippen LogP contribution in [0.15, 0.2) is 48.5 Å². The average molecular weight is 288 g/mol. The fraction of sp³-hybridized carbons (Fsp3) is 0.0625. The number of anilines is 1. The number of rotatable bonds is 3. The molecule has 0 heterocycles. The second-order valence-corrected chi connectivity index (χ2v) is 4.79. The van der Waals surface area contributed by atoms with Crippen molar-refractivity contribution >= 4 is 29.3 Å². The van der Waals surface area contributed by atoms with Crippen LogP contribution in [0, 0.1) is 6.92 Å². The highest BCUT2D eigenvalue weighted by molar-refractivity contribution is 6.31. The zero-order valence-electron chi connectivity index (χ0n) is 10.9. The van der Waals surface area contributed by atoms with Gasteiger partial charge in [-0.2, -0.15) is 0 Å². The second-order valence-electron chi connectivity index (χ2n) is 4.38. The molecule has 3 nitrogen and oxygen atoms in total. The third-order valence-electron chi connectivity index (χ3n) is 2.76. The maximum absolute atomic E-state index is 11.8. The molecule has 0 radical (unpaired) electrons. The fourth-order valence-electron chi connectivity index (χ4n) is 1.61. The number of phenolic OH excluding ortho intramolecular Hbond substituents is 1. The Morgan fingerprint density at radius 1 is 1.20 bits per heavy atom. The largest absolute Gasteiger partial charge is 0.508 e. The molecule has 0 saturated carbocycles. The highest BCUT2D eigenvalue weighted by atomic mass is 35.5. The summed E-state index contributed by atoms with van der Waals surface area (Å²) < 4.78 is 0. The standard InChI is InChI=1S/C16H14ClNO2/c1-11-2-6-13(10-15(11)17)18-16(20)9-5-12-3-7-14(19)8-4-12/h2-10,19H,1H3,(H,18,20)/b9-5+.